The van der Waals surface area contributed by atoms with E-state index >= 15 is 0 Å². The van der Waals surface area contributed by atoms with E-state index in [9.17, 15) is 8.42 Å². The van der Waals surface area contributed by atoms with Gasteiger partial charge in [0.05, 0.1) is 6.04 Å². The minimum Gasteiger partial charge on any atom is -0.337 e. The minimum atomic E-state index is -3.66. The Hall–Kier alpha value is -1.74. The third-order valence-corrected chi connectivity index (χ3v) is 6.25. The highest BCUT2D eigenvalue weighted by molar-refractivity contribution is 7.89. The molecule has 24 heavy (non-hydrogen) atoms. The standard InChI is InChI=1S/C15H24N6O2S/c1-10(2)14-17-15(19-18-14)12-7-5-6-8-21(12)24(22,23)13-9-20(4)11(3)16-13/h9-10,12H,5-8H2,1-4H3,(H,17,18,19). The molecule has 0 spiro atoms. The molecule has 2 aromatic rings. The Balaban J connectivity index is 1.96. The fraction of sp³-hybridized carbons (Fsp3) is 0.667. The summed E-state index contributed by atoms with van der Waals surface area (Å²) in [6, 6.07) is -0.314. The van der Waals surface area contributed by atoms with E-state index in [1.54, 1.807) is 24.7 Å². The van der Waals surface area contributed by atoms with Gasteiger partial charge in [0.2, 0.25) is 0 Å². The highest BCUT2D eigenvalue weighted by Crippen LogP contribution is 2.34. The number of aryl methyl sites for hydroxylation is 2. The zero-order chi connectivity index (χ0) is 17.5. The summed E-state index contributed by atoms with van der Waals surface area (Å²) in [6.07, 6.45) is 4.11. The Morgan fingerprint density at radius 1 is 1.29 bits per heavy atom. The number of aromatic amines is 1. The number of H-pyrrole nitrogens is 1. The first-order valence-electron chi connectivity index (χ1n) is 8.24. The van der Waals surface area contributed by atoms with Gasteiger partial charge in [0.15, 0.2) is 10.9 Å². The predicted molar refractivity (Wildman–Crippen MR) is 88.9 cm³/mol. The van der Waals surface area contributed by atoms with Gasteiger partial charge in [0.1, 0.15) is 11.6 Å². The maximum atomic E-state index is 13.1. The van der Waals surface area contributed by atoms with Crippen molar-refractivity contribution < 1.29 is 8.42 Å². The van der Waals surface area contributed by atoms with Crippen molar-refractivity contribution in [2.45, 2.75) is 57.0 Å². The number of sulfonamides is 1. The van der Waals surface area contributed by atoms with Gasteiger partial charge in [-0.25, -0.2) is 18.4 Å². The van der Waals surface area contributed by atoms with Gasteiger partial charge < -0.3 is 4.57 Å². The normalized spacial score (nSPS) is 20.0. The van der Waals surface area contributed by atoms with Crippen LogP contribution >= 0.6 is 0 Å². The second kappa shape index (κ2) is 6.29. The number of imidazole rings is 1. The first kappa shape index (κ1) is 17.1. The van der Waals surface area contributed by atoms with Crippen molar-refractivity contribution in [3.63, 3.8) is 0 Å². The van der Waals surface area contributed by atoms with Crippen molar-refractivity contribution in [3.8, 4) is 0 Å². The van der Waals surface area contributed by atoms with Crippen LogP contribution in [0.2, 0.25) is 0 Å². The highest BCUT2D eigenvalue weighted by Gasteiger charge is 2.37. The highest BCUT2D eigenvalue weighted by atomic mass is 32.2. The van der Waals surface area contributed by atoms with E-state index in [1.807, 2.05) is 13.8 Å². The summed E-state index contributed by atoms with van der Waals surface area (Å²) in [7, 11) is -1.87. The molecule has 1 saturated heterocycles. The van der Waals surface area contributed by atoms with Gasteiger partial charge in [-0.1, -0.05) is 20.3 Å². The topological polar surface area (TPSA) is 96.8 Å². The number of nitrogens with one attached hydrogen (secondary N) is 1. The lowest BCUT2D eigenvalue weighted by atomic mass is 10.0. The molecule has 1 unspecified atom stereocenters. The molecule has 8 nitrogen and oxygen atoms in total. The van der Waals surface area contributed by atoms with Gasteiger partial charge in [-0.2, -0.15) is 9.40 Å². The fourth-order valence-electron chi connectivity index (χ4n) is 2.93. The molecule has 0 amide bonds. The van der Waals surface area contributed by atoms with E-state index in [4.69, 9.17) is 0 Å². The molecule has 1 aliphatic heterocycles. The smallest absolute Gasteiger partial charge is 0.262 e. The van der Waals surface area contributed by atoms with Crippen molar-refractivity contribution in [2.24, 2.45) is 7.05 Å². The molecule has 0 saturated carbocycles. The largest absolute Gasteiger partial charge is 0.337 e. The lowest BCUT2D eigenvalue weighted by Gasteiger charge is -2.32. The Morgan fingerprint density at radius 2 is 2.04 bits per heavy atom. The first-order valence-corrected chi connectivity index (χ1v) is 9.68. The number of rotatable bonds is 4. The van der Waals surface area contributed by atoms with Crippen LogP contribution in [0.4, 0.5) is 0 Å². The first-order chi connectivity index (χ1) is 11.3. The van der Waals surface area contributed by atoms with Gasteiger partial charge >= 0.3 is 0 Å². The molecule has 0 radical (unpaired) electrons. The zero-order valence-electron chi connectivity index (χ0n) is 14.5. The lowest BCUT2D eigenvalue weighted by molar-refractivity contribution is 0.246. The van der Waals surface area contributed by atoms with E-state index in [2.05, 4.69) is 20.2 Å². The number of hydrogen-bond acceptors (Lipinski definition) is 5. The molecule has 1 fully saturated rings. The van der Waals surface area contributed by atoms with Gasteiger partial charge in [-0.15, -0.1) is 0 Å². The summed E-state index contributed by atoms with van der Waals surface area (Å²) in [5, 5.41) is 7.25. The quantitative estimate of drug-likeness (QED) is 0.906. The molecular formula is C15H24N6O2S. The van der Waals surface area contributed by atoms with Crippen molar-refractivity contribution >= 4 is 10.0 Å². The van der Waals surface area contributed by atoms with Crippen molar-refractivity contribution in [1.82, 2.24) is 29.0 Å². The number of nitrogens with zero attached hydrogens (tertiary/aromatic N) is 5. The molecule has 0 bridgehead atoms. The van der Waals surface area contributed by atoms with E-state index in [0.717, 1.165) is 19.3 Å². The summed E-state index contributed by atoms with van der Waals surface area (Å²) in [6.45, 7) is 6.29. The molecule has 3 heterocycles. The SMILES string of the molecule is Cc1nc(S(=O)(=O)N2CCCCC2c2nc(C(C)C)n[nH]2)cn1C. The molecule has 2 aromatic heterocycles. The Bertz CT molecular complexity index is 803. The fourth-order valence-corrected chi connectivity index (χ4v) is 4.62. The van der Waals surface area contributed by atoms with Crippen molar-refractivity contribution in [2.75, 3.05) is 6.54 Å². The number of piperidine rings is 1. The second-order valence-corrected chi connectivity index (χ2v) is 8.44. The molecule has 1 N–H and O–H groups in total. The lowest BCUT2D eigenvalue weighted by Crippen LogP contribution is -2.39. The molecule has 0 aromatic carbocycles. The molecule has 1 aliphatic rings. The van der Waals surface area contributed by atoms with Crippen LogP contribution in [0.25, 0.3) is 0 Å². The summed E-state index contributed by atoms with van der Waals surface area (Å²) in [4.78, 5) is 8.72. The van der Waals surface area contributed by atoms with E-state index < -0.39 is 10.0 Å². The molecule has 0 aliphatic carbocycles. The third kappa shape index (κ3) is 2.98. The van der Waals surface area contributed by atoms with E-state index in [1.165, 1.54) is 4.31 Å². The summed E-state index contributed by atoms with van der Waals surface area (Å²) >= 11 is 0. The van der Waals surface area contributed by atoms with Crippen LogP contribution < -0.4 is 0 Å². The Morgan fingerprint density at radius 3 is 2.62 bits per heavy atom. The minimum absolute atomic E-state index is 0.0954. The van der Waals surface area contributed by atoms with Gasteiger partial charge in [-0.05, 0) is 19.8 Å². The maximum absolute atomic E-state index is 13.1. The van der Waals surface area contributed by atoms with Crippen LogP contribution in [-0.2, 0) is 17.1 Å². The average Bonchev–Trinajstić information content (AvgIpc) is 3.15. The summed E-state index contributed by atoms with van der Waals surface area (Å²) < 4.78 is 29.4. The summed E-state index contributed by atoms with van der Waals surface area (Å²) in [5.74, 6) is 2.20. The monoisotopic (exact) mass is 352 g/mol. The summed E-state index contributed by atoms with van der Waals surface area (Å²) in [5.41, 5.74) is 0. The van der Waals surface area contributed by atoms with Crippen molar-refractivity contribution in [1.29, 1.82) is 0 Å². The van der Waals surface area contributed by atoms with Crippen molar-refractivity contribution in [3.05, 3.63) is 23.7 Å². The second-order valence-electron chi connectivity index (χ2n) is 6.60. The Kier molecular flexibility index (Phi) is 4.48. The maximum Gasteiger partial charge on any atom is 0.262 e. The zero-order valence-corrected chi connectivity index (χ0v) is 15.3. The van der Waals surface area contributed by atoms with Crippen LogP contribution in [0.15, 0.2) is 11.2 Å². The van der Waals surface area contributed by atoms with Crippen LogP contribution in [0.5, 0.6) is 0 Å². The predicted octanol–water partition coefficient (Wildman–Crippen LogP) is 1.89. The Labute approximate surface area is 142 Å². The van der Waals surface area contributed by atoms with Gasteiger partial charge in [-0.3, -0.25) is 5.10 Å². The van der Waals surface area contributed by atoms with Gasteiger partial charge in [0.25, 0.3) is 10.0 Å². The number of aromatic nitrogens is 5. The van der Waals surface area contributed by atoms with Crippen LogP contribution in [-0.4, -0.2) is 44.0 Å². The van der Waals surface area contributed by atoms with E-state index in [-0.39, 0.29) is 17.0 Å². The van der Waals surface area contributed by atoms with E-state index in [0.29, 0.717) is 24.0 Å². The molecular weight excluding hydrogens is 328 g/mol. The average molecular weight is 352 g/mol. The molecule has 9 heteroatoms. The number of hydrogen-bond donors (Lipinski definition) is 1. The molecule has 1 atom stereocenters. The molecule has 132 valence electrons. The van der Waals surface area contributed by atoms with Crippen LogP contribution in [0.1, 0.15) is 62.5 Å². The van der Waals surface area contributed by atoms with Crippen LogP contribution in [0, 0.1) is 6.92 Å². The van der Waals surface area contributed by atoms with Crippen LogP contribution in [0.3, 0.4) is 0 Å². The third-order valence-electron chi connectivity index (χ3n) is 4.47. The van der Waals surface area contributed by atoms with Gasteiger partial charge in [0, 0.05) is 25.7 Å². The molecule has 3 rings (SSSR count).